The van der Waals surface area contributed by atoms with E-state index in [0.717, 1.165) is 21.2 Å². The Labute approximate surface area is 150 Å². The number of hydrogen-bond donors (Lipinski definition) is 0. The lowest BCUT2D eigenvalue weighted by molar-refractivity contribution is 1.40. The standard InChI is InChI=1S/C19H13Cl2NS/c20-15-3-7-17(8-4-15)22-13-14-1-9-18(10-2-14)23-19-11-5-16(21)6-12-19/h1-13H. The Hall–Kier alpha value is -1.74. The van der Waals surface area contributed by atoms with E-state index in [9.17, 15) is 0 Å². The van der Waals surface area contributed by atoms with Gasteiger partial charge in [-0.1, -0.05) is 47.1 Å². The molecule has 0 heterocycles. The molecule has 0 saturated heterocycles. The third kappa shape index (κ3) is 4.87. The smallest absolute Gasteiger partial charge is 0.0630 e. The number of halogens is 2. The van der Waals surface area contributed by atoms with Crippen LogP contribution < -0.4 is 0 Å². The van der Waals surface area contributed by atoms with Crippen molar-refractivity contribution in [2.24, 2.45) is 4.99 Å². The SMILES string of the molecule is Clc1ccc(N=Cc2ccc(Sc3ccc(Cl)cc3)cc2)cc1. The van der Waals surface area contributed by atoms with Crippen molar-refractivity contribution in [3.05, 3.63) is 88.4 Å². The van der Waals surface area contributed by atoms with Gasteiger partial charge in [-0.2, -0.15) is 0 Å². The van der Waals surface area contributed by atoms with Crippen molar-refractivity contribution in [3.63, 3.8) is 0 Å². The number of nitrogens with zero attached hydrogens (tertiary/aromatic N) is 1. The van der Waals surface area contributed by atoms with E-state index < -0.39 is 0 Å². The molecule has 4 heteroatoms. The van der Waals surface area contributed by atoms with Gasteiger partial charge in [0.15, 0.2) is 0 Å². The maximum atomic E-state index is 5.90. The van der Waals surface area contributed by atoms with Crippen LogP contribution in [0.5, 0.6) is 0 Å². The van der Waals surface area contributed by atoms with Gasteiger partial charge in [-0.3, -0.25) is 4.99 Å². The normalized spacial score (nSPS) is 11.0. The maximum absolute atomic E-state index is 5.90. The van der Waals surface area contributed by atoms with Gasteiger partial charge in [0.1, 0.15) is 0 Å². The summed E-state index contributed by atoms with van der Waals surface area (Å²) in [7, 11) is 0. The molecule has 114 valence electrons. The molecule has 0 radical (unpaired) electrons. The first-order valence-electron chi connectivity index (χ1n) is 7.02. The minimum Gasteiger partial charge on any atom is -0.256 e. The highest BCUT2D eigenvalue weighted by molar-refractivity contribution is 7.99. The fraction of sp³-hybridized carbons (Fsp3) is 0. The first-order valence-corrected chi connectivity index (χ1v) is 8.59. The molecular formula is C19H13Cl2NS. The number of benzene rings is 3. The fourth-order valence-corrected chi connectivity index (χ4v) is 3.01. The predicted octanol–water partition coefficient (Wildman–Crippen LogP) is 6.90. The number of hydrogen-bond acceptors (Lipinski definition) is 2. The molecule has 23 heavy (non-hydrogen) atoms. The lowest BCUT2D eigenvalue weighted by Gasteiger charge is -2.02. The van der Waals surface area contributed by atoms with E-state index in [1.807, 2.05) is 54.7 Å². The number of rotatable bonds is 4. The quantitative estimate of drug-likeness (QED) is 0.462. The summed E-state index contributed by atoms with van der Waals surface area (Å²) in [6.07, 6.45) is 1.85. The van der Waals surface area contributed by atoms with E-state index in [0.29, 0.717) is 5.02 Å². The highest BCUT2D eigenvalue weighted by atomic mass is 35.5. The molecule has 1 nitrogen and oxygen atoms in total. The van der Waals surface area contributed by atoms with E-state index in [1.165, 1.54) is 4.90 Å². The van der Waals surface area contributed by atoms with Crippen molar-refractivity contribution < 1.29 is 0 Å². The molecule has 0 aliphatic carbocycles. The van der Waals surface area contributed by atoms with Gasteiger partial charge in [0.2, 0.25) is 0 Å². The summed E-state index contributed by atoms with van der Waals surface area (Å²) in [6.45, 7) is 0. The van der Waals surface area contributed by atoms with Gasteiger partial charge in [-0.15, -0.1) is 0 Å². The van der Waals surface area contributed by atoms with Crippen LogP contribution in [0.15, 0.2) is 87.6 Å². The Morgan fingerprint density at radius 2 is 1.13 bits per heavy atom. The average Bonchev–Trinajstić information content (AvgIpc) is 2.58. The molecule has 0 aliphatic heterocycles. The van der Waals surface area contributed by atoms with Crippen LogP contribution in [0.1, 0.15) is 5.56 Å². The van der Waals surface area contributed by atoms with Crippen molar-refractivity contribution in [1.82, 2.24) is 0 Å². The Kier molecular flexibility index (Phi) is 5.39. The Morgan fingerprint density at radius 1 is 0.652 bits per heavy atom. The zero-order valence-electron chi connectivity index (χ0n) is 12.1. The van der Waals surface area contributed by atoms with E-state index in [4.69, 9.17) is 23.2 Å². The van der Waals surface area contributed by atoms with E-state index in [-0.39, 0.29) is 0 Å². The molecule has 0 fully saturated rings. The van der Waals surface area contributed by atoms with Crippen molar-refractivity contribution in [2.75, 3.05) is 0 Å². The van der Waals surface area contributed by atoms with Crippen LogP contribution in [-0.2, 0) is 0 Å². The molecule has 0 aromatic heterocycles. The maximum Gasteiger partial charge on any atom is 0.0630 e. The van der Waals surface area contributed by atoms with Crippen LogP contribution in [0.3, 0.4) is 0 Å². The summed E-state index contributed by atoms with van der Waals surface area (Å²) in [5.74, 6) is 0. The van der Waals surface area contributed by atoms with Crippen LogP contribution in [0, 0.1) is 0 Å². The third-order valence-corrected chi connectivity index (χ3v) is 4.64. The molecule has 0 amide bonds. The molecule has 0 atom stereocenters. The van der Waals surface area contributed by atoms with Gasteiger partial charge in [0.25, 0.3) is 0 Å². The second kappa shape index (κ2) is 7.69. The largest absolute Gasteiger partial charge is 0.256 e. The molecule has 0 aliphatic rings. The van der Waals surface area contributed by atoms with E-state index >= 15 is 0 Å². The second-order valence-corrected chi connectivity index (χ2v) is 6.88. The summed E-state index contributed by atoms with van der Waals surface area (Å²) < 4.78 is 0. The lowest BCUT2D eigenvalue weighted by atomic mass is 10.2. The van der Waals surface area contributed by atoms with Crippen molar-refractivity contribution >= 4 is 46.9 Å². The molecule has 0 N–H and O–H groups in total. The highest BCUT2D eigenvalue weighted by Gasteiger charge is 1.98. The minimum atomic E-state index is 0.715. The molecule has 0 bridgehead atoms. The van der Waals surface area contributed by atoms with Crippen LogP contribution in [0.2, 0.25) is 10.0 Å². The predicted molar refractivity (Wildman–Crippen MR) is 101 cm³/mol. The molecule has 0 spiro atoms. The topological polar surface area (TPSA) is 12.4 Å². The highest BCUT2D eigenvalue weighted by Crippen LogP contribution is 2.28. The second-order valence-electron chi connectivity index (χ2n) is 4.86. The fourth-order valence-electron chi connectivity index (χ4n) is 1.94. The van der Waals surface area contributed by atoms with Gasteiger partial charge in [0.05, 0.1) is 5.69 Å². The Morgan fingerprint density at radius 3 is 1.70 bits per heavy atom. The molecule has 3 aromatic rings. The molecule has 0 saturated carbocycles. The summed E-state index contributed by atoms with van der Waals surface area (Å²) in [5, 5.41) is 1.47. The third-order valence-electron chi connectivity index (χ3n) is 3.12. The zero-order valence-corrected chi connectivity index (χ0v) is 14.4. The molecule has 3 aromatic carbocycles. The average molecular weight is 358 g/mol. The number of aliphatic imine (C=N–C) groups is 1. The van der Waals surface area contributed by atoms with Crippen LogP contribution in [-0.4, -0.2) is 6.21 Å². The Bertz CT molecular complexity index is 794. The summed E-state index contributed by atoms with van der Waals surface area (Å²) >= 11 is 13.5. The summed E-state index contributed by atoms with van der Waals surface area (Å²) in [4.78, 5) is 6.78. The van der Waals surface area contributed by atoms with Gasteiger partial charge in [-0.05, 0) is 66.2 Å². The van der Waals surface area contributed by atoms with E-state index in [1.54, 1.807) is 11.8 Å². The minimum absolute atomic E-state index is 0.715. The Balaban J connectivity index is 1.67. The van der Waals surface area contributed by atoms with Gasteiger partial charge in [-0.25, -0.2) is 0 Å². The van der Waals surface area contributed by atoms with Gasteiger partial charge >= 0.3 is 0 Å². The first-order chi connectivity index (χ1) is 11.2. The summed E-state index contributed by atoms with van der Waals surface area (Å²) in [6, 6.07) is 23.6. The lowest BCUT2D eigenvalue weighted by Crippen LogP contribution is -1.81. The monoisotopic (exact) mass is 357 g/mol. The van der Waals surface area contributed by atoms with Gasteiger partial charge in [0, 0.05) is 26.1 Å². The summed E-state index contributed by atoms with van der Waals surface area (Å²) in [5.41, 5.74) is 1.94. The van der Waals surface area contributed by atoms with Crippen LogP contribution >= 0.6 is 35.0 Å². The van der Waals surface area contributed by atoms with Gasteiger partial charge < -0.3 is 0 Å². The van der Waals surface area contributed by atoms with Crippen LogP contribution in [0.25, 0.3) is 0 Å². The van der Waals surface area contributed by atoms with E-state index in [2.05, 4.69) is 29.3 Å². The van der Waals surface area contributed by atoms with Crippen molar-refractivity contribution in [3.8, 4) is 0 Å². The molecule has 3 rings (SSSR count). The first kappa shape index (κ1) is 16.1. The molecule has 0 unspecified atom stereocenters. The van der Waals surface area contributed by atoms with Crippen molar-refractivity contribution in [1.29, 1.82) is 0 Å². The zero-order chi connectivity index (χ0) is 16.1. The molecular weight excluding hydrogens is 345 g/mol. The van der Waals surface area contributed by atoms with Crippen molar-refractivity contribution in [2.45, 2.75) is 9.79 Å². The van der Waals surface area contributed by atoms with Crippen LogP contribution in [0.4, 0.5) is 5.69 Å².